The first-order chi connectivity index (χ1) is 10.9. The molecule has 4 nitrogen and oxygen atoms in total. The minimum atomic E-state index is 0.809. The molecule has 3 rings (SSSR count). The van der Waals surface area contributed by atoms with Gasteiger partial charge in [0.05, 0.1) is 5.69 Å². The van der Waals surface area contributed by atoms with E-state index in [1.165, 1.54) is 17.5 Å². The molecular formula is C17H18N4S. The topological polar surface area (TPSA) is 43.6 Å². The van der Waals surface area contributed by atoms with Gasteiger partial charge in [0, 0.05) is 5.75 Å². The first kappa shape index (κ1) is 14.8. The summed E-state index contributed by atoms with van der Waals surface area (Å²) in [4.78, 5) is 0. The zero-order valence-corrected chi connectivity index (χ0v) is 13.3. The summed E-state index contributed by atoms with van der Waals surface area (Å²) in [5.74, 6) is 0.861. The molecule has 112 valence electrons. The van der Waals surface area contributed by atoms with Crippen LogP contribution >= 0.6 is 11.8 Å². The number of aryl methyl sites for hydroxylation is 1. The summed E-state index contributed by atoms with van der Waals surface area (Å²) in [7, 11) is 0. The number of hydrogen-bond donors (Lipinski definition) is 0. The molecule has 1 aromatic heterocycles. The van der Waals surface area contributed by atoms with E-state index < -0.39 is 0 Å². The van der Waals surface area contributed by atoms with Crippen molar-refractivity contribution in [3.05, 3.63) is 65.7 Å². The lowest BCUT2D eigenvalue weighted by Gasteiger charge is -2.05. The van der Waals surface area contributed by atoms with Crippen LogP contribution in [0, 0.1) is 0 Å². The molecule has 0 spiro atoms. The van der Waals surface area contributed by atoms with Crippen LogP contribution in [0.15, 0.2) is 59.8 Å². The summed E-state index contributed by atoms with van der Waals surface area (Å²) < 4.78 is 1.77. The Kier molecular flexibility index (Phi) is 4.85. The molecule has 3 aromatic rings. The van der Waals surface area contributed by atoms with Gasteiger partial charge < -0.3 is 0 Å². The van der Waals surface area contributed by atoms with Crippen molar-refractivity contribution < 1.29 is 0 Å². The molecule has 0 aliphatic rings. The van der Waals surface area contributed by atoms with E-state index in [0.717, 1.165) is 23.0 Å². The third-order valence-corrected chi connectivity index (χ3v) is 4.36. The molecule has 22 heavy (non-hydrogen) atoms. The van der Waals surface area contributed by atoms with Gasteiger partial charge in [0.2, 0.25) is 5.16 Å². The highest BCUT2D eigenvalue weighted by Crippen LogP contribution is 2.22. The number of hydrogen-bond acceptors (Lipinski definition) is 4. The summed E-state index contributed by atoms with van der Waals surface area (Å²) in [6.07, 6.45) is 2.32. The Balaban J connectivity index is 1.68. The van der Waals surface area contributed by atoms with Crippen LogP contribution in [-0.4, -0.2) is 20.2 Å². The number of benzene rings is 2. The molecule has 0 bridgehead atoms. The van der Waals surface area contributed by atoms with Crippen molar-refractivity contribution >= 4 is 11.8 Å². The summed E-state index contributed by atoms with van der Waals surface area (Å²) in [5.41, 5.74) is 3.66. The molecule has 5 heteroatoms. The van der Waals surface area contributed by atoms with Gasteiger partial charge in [0.25, 0.3) is 0 Å². The van der Waals surface area contributed by atoms with Crippen molar-refractivity contribution in [2.24, 2.45) is 0 Å². The third-order valence-electron chi connectivity index (χ3n) is 3.37. The Morgan fingerprint density at radius 2 is 1.68 bits per heavy atom. The van der Waals surface area contributed by atoms with Crippen molar-refractivity contribution in [2.75, 3.05) is 0 Å². The van der Waals surface area contributed by atoms with E-state index >= 15 is 0 Å². The van der Waals surface area contributed by atoms with Crippen LogP contribution in [0.3, 0.4) is 0 Å². The lowest BCUT2D eigenvalue weighted by molar-refractivity contribution is 0.756. The number of tetrazole rings is 1. The highest BCUT2D eigenvalue weighted by Gasteiger charge is 2.08. The van der Waals surface area contributed by atoms with Crippen LogP contribution < -0.4 is 0 Å². The van der Waals surface area contributed by atoms with Crippen LogP contribution in [0.4, 0.5) is 0 Å². The minimum Gasteiger partial charge on any atom is -0.188 e. The molecular weight excluding hydrogens is 292 g/mol. The van der Waals surface area contributed by atoms with Gasteiger partial charge in [0.15, 0.2) is 0 Å². The SMILES string of the molecule is CCCc1ccc(CSc2nnnn2-c2ccccc2)cc1. The van der Waals surface area contributed by atoms with Gasteiger partial charge in [0.1, 0.15) is 0 Å². The van der Waals surface area contributed by atoms with E-state index in [9.17, 15) is 0 Å². The molecule has 0 radical (unpaired) electrons. The second-order valence-corrected chi connectivity index (χ2v) is 6.01. The van der Waals surface area contributed by atoms with Crippen molar-refractivity contribution in [1.82, 2.24) is 20.2 Å². The predicted molar refractivity (Wildman–Crippen MR) is 89.2 cm³/mol. The van der Waals surface area contributed by atoms with Crippen molar-refractivity contribution in [3.63, 3.8) is 0 Å². The monoisotopic (exact) mass is 310 g/mol. The summed E-state index contributed by atoms with van der Waals surface area (Å²) in [6.45, 7) is 2.20. The van der Waals surface area contributed by atoms with E-state index in [0.29, 0.717) is 0 Å². The normalized spacial score (nSPS) is 10.8. The Morgan fingerprint density at radius 1 is 0.955 bits per heavy atom. The van der Waals surface area contributed by atoms with Crippen LogP contribution in [0.2, 0.25) is 0 Å². The van der Waals surface area contributed by atoms with Gasteiger partial charge in [-0.15, -0.1) is 5.10 Å². The Labute approximate surface area is 134 Å². The lowest BCUT2D eigenvalue weighted by atomic mass is 10.1. The number of rotatable bonds is 6. The van der Waals surface area contributed by atoms with Crippen LogP contribution in [0.5, 0.6) is 0 Å². The van der Waals surface area contributed by atoms with E-state index in [1.807, 2.05) is 30.3 Å². The summed E-state index contributed by atoms with van der Waals surface area (Å²) in [5, 5.41) is 12.8. The fourth-order valence-electron chi connectivity index (χ4n) is 2.24. The van der Waals surface area contributed by atoms with Gasteiger partial charge in [-0.25, -0.2) is 0 Å². The molecule has 0 aliphatic carbocycles. The molecule has 0 saturated heterocycles. The van der Waals surface area contributed by atoms with E-state index in [2.05, 4.69) is 46.7 Å². The van der Waals surface area contributed by atoms with Gasteiger partial charge in [-0.2, -0.15) is 4.68 Å². The van der Waals surface area contributed by atoms with Crippen molar-refractivity contribution in [3.8, 4) is 5.69 Å². The molecule has 0 unspecified atom stereocenters. The zero-order valence-electron chi connectivity index (χ0n) is 12.5. The van der Waals surface area contributed by atoms with E-state index in [1.54, 1.807) is 16.4 Å². The average molecular weight is 310 g/mol. The highest BCUT2D eigenvalue weighted by molar-refractivity contribution is 7.98. The molecule has 0 atom stereocenters. The van der Waals surface area contributed by atoms with Crippen molar-refractivity contribution in [1.29, 1.82) is 0 Å². The Bertz CT molecular complexity index is 707. The number of thioether (sulfide) groups is 1. The average Bonchev–Trinajstić information content (AvgIpc) is 3.04. The first-order valence-electron chi connectivity index (χ1n) is 7.41. The Hall–Kier alpha value is -2.14. The summed E-state index contributed by atoms with van der Waals surface area (Å²) in [6, 6.07) is 18.7. The minimum absolute atomic E-state index is 0.809. The van der Waals surface area contributed by atoms with Gasteiger partial charge >= 0.3 is 0 Å². The Morgan fingerprint density at radius 3 is 2.41 bits per heavy atom. The fraction of sp³-hybridized carbons (Fsp3) is 0.235. The standard InChI is InChI=1S/C17H18N4S/c1-2-6-14-9-11-15(12-10-14)13-22-17-18-19-20-21(17)16-7-4-3-5-8-16/h3-5,7-12H,2,6,13H2,1H3. The van der Waals surface area contributed by atoms with Crippen molar-refractivity contribution in [2.45, 2.75) is 30.7 Å². The van der Waals surface area contributed by atoms with Gasteiger partial charge in [-0.3, -0.25) is 0 Å². The maximum absolute atomic E-state index is 4.12. The quantitative estimate of drug-likeness (QED) is 0.648. The summed E-state index contributed by atoms with van der Waals surface area (Å²) >= 11 is 1.65. The molecule has 0 aliphatic heterocycles. The highest BCUT2D eigenvalue weighted by atomic mass is 32.2. The second-order valence-electron chi connectivity index (χ2n) is 5.06. The second kappa shape index (κ2) is 7.22. The van der Waals surface area contributed by atoms with E-state index in [4.69, 9.17) is 0 Å². The number of para-hydroxylation sites is 1. The maximum Gasteiger partial charge on any atom is 0.214 e. The fourth-order valence-corrected chi connectivity index (χ4v) is 3.09. The largest absolute Gasteiger partial charge is 0.214 e. The van der Waals surface area contributed by atoms with Gasteiger partial charge in [-0.05, 0) is 40.1 Å². The lowest BCUT2D eigenvalue weighted by Crippen LogP contribution is -1.98. The maximum atomic E-state index is 4.12. The van der Waals surface area contributed by atoms with Crippen LogP contribution in [0.1, 0.15) is 24.5 Å². The number of aromatic nitrogens is 4. The third kappa shape index (κ3) is 3.54. The zero-order chi connectivity index (χ0) is 15.2. The smallest absolute Gasteiger partial charge is 0.188 e. The number of nitrogens with zero attached hydrogens (tertiary/aromatic N) is 4. The van der Waals surface area contributed by atoms with E-state index in [-0.39, 0.29) is 0 Å². The molecule has 0 saturated carbocycles. The van der Waals surface area contributed by atoms with Gasteiger partial charge in [-0.1, -0.05) is 67.6 Å². The van der Waals surface area contributed by atoms with Crippen LogP contribution in [-0.2, 0) is 12.2 Å². The molecule has 0 fully saturated rings. The molecule has 0 N–H and O–H groups in total. The molecule has 1 heterocycles. The predicted octanol–water partition coefficient (Wildman–Crippen LogP) is 3.91. The first-order valence-corrected chi connectivity index (χ1v) is 8.40. The van der Waals surface area contributed by atoms with Crippen LogP contribution in [0.25, 0.3) is 5.69 Å². The molecule has 0 amide bonds. The molecule has 2 aromatic carbocycles.